The van der Waals surface area contributed by atoms with E-state index in [9.17, 15) is 4.79 Å². The molecule has 0 saturated carbocycles. The standard InChI is InChI=1S/C20H16BrN5OS/c1-12-4-3-5-16(10-12)23-24-18-13(2)25-26(19(18)27)20-22-17(11-28-20)14-6-8-15(21)9-7-14/h3-11,18H,1-2H3/t18-/m1/s1. The summed E-state index contributed by atoms with van der Waals surface area (Å²) in [4.78, 5) is 17.4. The third-order valence-electron chi connectivity index (χ3n) is 4.20. The summed E-state index contributed by atoms with van der Waals surface area (Å²) in [6, 6.07) is 14.8. The molecule has 1 aliphatic rings. The van der Waals surface area contributed by atoms with Crippen molar-refractivity contribution in [2.75, 3.05) is 5.01 Å². The van der Waals surface area contributed by atoms with Crippen LogP contribution in [-0.2, 0) is 4.79 Å². The van der Waals surface area contributed by atoms with Crippen molar-refractivity contribution in [2.45, 2.75) is 19.9 Å². The first-order chi connectivity index (χ1) is 13.5. The molecular formula is C20H16BrN5OS. The van der Waals surface area contributed by atoms with Gasteiger partial charge in [0.2, 0.25) is 5.13 Å². The number of azo groups is 1. The molecule has 0 unspecified atom stereocenters. The predicted molar refractivity (Wildman–Crippen MR) is 115 cm³/mol. The van der Waals surface area contributed by atoms with Crippen LogP contribution in [0.3, 0.4) is 0 Å². The maximum Gasteiger partial charge on any atom is 0.282 e. The second kappa shape index (κ2) is 7.73. The molecule has 0 aliphatic carbocycles. The average Bonchev–Trinajstić information content (AvgIpc) is 3.26. The minimum Gasteiger partial charge on any atom is -0.269 e. The zero-order valence-electron chi connectivity index (χ0n) is 15.2. The Balaban J connectivity index is 1.54. The van der Waals surface area contributed by atoms with Crippen LogP contribution in [0.4, 0.5) is 10.8 Å². The lowest BCUT2D eigenvalue weighted by atomic mass is 10.2. The number of benzene rings is 2. The topological polar surface area (TPSA) is 70.3 Å². The summed E-state index contributed by atoms with van der Waals surface area (Å²) < 4.78 is 1.00. The highest BCUT2D eigenvalue weighted by molar-refractivity contribution is 9.10. The number of carbonyl (C=O) groups excluding carboxylic acids is 1. The van der Waals surface area contributed by atoms with Gasteiger partial charge in [-0.25, -0.2) is 4.98 Å². The summed E-state index contributed by atoms with van der Waals surface area (Å²) in [6.45, 7) is 3.76. The number of hydrazone groups is 1. The van der Waals surface area contributed by atoms with Crippen molar-refractivity contribution in [2.24, 2.45) is 15.3 Å². The van der Waals surface area contributed by atoms with Crippen LogP contribution in [0, 0.1) is 6.92 Å². The van der Waals surface area contributed by atoms with Crippen molar-refractivity contribution in [3.63, 3.8) is 0 Å². The van der Waals surface area contributed by atoms with Crippen LogP contribution in [0.15, 0.2) is 73.7 Å². The van der Waals surface area contributed by atoms with E-state index in [0.29, 0.717) is 16.5 Å². The predicted octanol–water partition coefficient (Wildman–Crippen LogP) is 5.76. The number of amides is 1. The molecule has 1 aromatic heterocycles. The van der Waals surface area contributed by atoms with Crippen LogP contribution >= 0.6 is 27.3 Å². The second-order valence-corrected chi connectivity index (χ2v) is 8.12. The number of anilines is 1. The first kappa shape index (κ1) is 18.6. The van der Waals surface area contributed by atoms with Crippen molar-refractivity contribution >= 4 is 49.7 Å². The lowest BCUT2D eigenvalue weighted by Crippen LogP contribution is -2.29. The third-order valence-corrected chi connectivity index (χ3v) is 5.54. The molecule has 4 rings (SSSR count). The summed E-state index contributed by atoms with van der Waals surface area (Å²) in [5, 5.41) is 16.6. The summed E-state index contributed by atoms with van der Waals surface area (Å²) >= 11 is 4.80. The molecule has 1 atom stereocenters. The van der Waals surface area contributed by atoms with E-state index in [2.05, 4.69) is 36.2 Å². The van der Waals surface area contributed by atoms with Gasteiger partial charge in [-0.1, -0.05) is 40.2 Å². The summed E-state index contributed by atoms with van der Waals surface area (Å²) in [5.41, 5.74) is 4.18. The molecule has 6 nitrogen and oxygen atoms in total. The lowest BCUT2D eigenvalue weighted by Gasteiger charge is -2.08. The van der Waals surface area contributed by atoms with Crippen LogP contribution in [0.1, 0.15) is 12.5 Å². The smallest absolute Gasteiger partial charge is 0.269 e. The fourth-order valence-corrected chi connectivity index (χ4v) is 3.81. The van der Waals surface area contributed by atoms with Gasteiger partial charge in [0.25, 0.3) is 5.91 Å². The molecule has 0 spiro atoms. The minimum absolute atomic E-state index is 0.245. The van der Waals surface area contributed by atoms with Crippen molar-refractivity contribution in [3.8, 4) is 11.3 Å². The maximum absolute atomic E-state index is 12.8. The van der Waals surface area contributed by atoms with E-state index in [0.717, 1.165) is 21.3 Å². The molecule has 1 aliphatic heterocycles. The first-order valence-electron chi connectivity index (χ1n) is 8.59. The lowest BCUT2D eigenvalue weighted by molar-refractivity contribution is -0.117. The fourth-order valence-electron chi connectivity index (χ4n) is 2.76. The van der Waals surface area contributed by atoms with Gasteiger partial charge in [0.05, 0.1) is 17.1 Å². The number of hydrogen-bond donors (Lipinski definition) is 0. The molecule has 2 heterocycles. The van der Waals surface area contributed by atoms with E-state index in [4.69, 9.17) is 0 Å². The van der Waals surface area contributed by atoms with Crippen molar-refractivity contribution in [3.05, 3.63) is 63.9 Å². The van der Waals surface area contributed by atoms with Gasteiger partial charge >= 0.3 is 0 Å². The molecular weight excluding hydrogens is 438 g/mol. The van der Waals surface area contributed by atoms with Crippen LogP contribution in [0.5, 0.6) is 0 Å². The van der Waals surface area contributed by atoms with Crippen molar-refractivity contribution < 1.29 is 4.79 Å². The number of nitrogens with zero attached hydrogens (tertiary/aromatic N) is 5. The molecule has 0 bridgehead atoms. The molecule has 8 heteroatoms. The summed E-state index contributed by atoms with van der Waals surface area (Å²) in [5.74, 6) is -0.245. The maximum atomic E-state index is 12.8. The Kier molecular flexibility index (Phi) is 5.15. The Morgan fingerprint density at radius 1 is 1.14 bits per heavy atom. The highest BCUT2D eigenvalue weighted by Crippen LogP contribution is 2.31. The van der Waals surface area contributed by atoms with Gasteiger partial charge in [0.15, 0.2) is 6.04 Å². The monoisotopic (exact) mass is 453 g/mol. The molecule has 0 N–H and O–H groups in total. The highest BCUT2D eigenvalue weighted by Gasteiger charge is 2.36. The molecule has 140 valence electrons. The Labute approximate surface area is 174 Å². The average molecular weight is 454 g/mol. The molecule has 0 radical (unpaired) electrons. The van der Waals surface area contributed by atoms with Gasteiger partial charge in [-0.05, 0) is 43.7 Å². The van der Waals surface area contributed by atoms with Crippen LogP contribution in [0.25, 0.3) is 11.3 Å². The third kappa shape index (κ3) is 3.79. The number of aryl methyl sites for hydroxylation is 1. The number of carbonyl (C=O) groups is 1. The van der Waals surface area contributed by atoms with Gasteiger partial charge in [-0.15, -0.1) is 11.3 Å². The quantitative estimate of drug-likeness (QED) is 0.471. The number of thiazole rings is 1. The Bertz CT molecular complexity index is 1090. The highest BCUT2D eigenvalue weighted by atomic mass is 79.9. The van der Waals surface area contributed by atoms with E-state index in [1.54, 1.807) is 6.92 Å². The molecule has 0 saturated heterocycles. The molecule has 3 aromatic rings. The number of aromatic nitrogens is 1. The summed E-state index contributed by atoms with van der Waals surface area (Å²) in [6.07, 6.45) is 0. The Morgan fingerprint density at radius 2 is 1.93 bits per heavy atom. The first-order valence-corrected chi connectivity index (χ1v) is 10.3. The van der Waals surface area contributed by atoms with Gasteiger partial charge in [-0.3, -0.25) is 4.79 Å². The molecule has 2 aromatic carbocycles. The van der Waals surface area contributed by atoms with Crippen molar-refractivity contribution in [1.82, 2.24) is 4.98 Å². The van der Waals surface area contributed by atoms with Gasteiger partial charge in [0, 0.05) is 15.4 Å². The minimum atomic E-state index is -0.722. The number of halogens is 1. The van der Waals surface area contributed by atoms with Gasteiger partial charge in [-0.2, -0.15) is 20.3 Å². The van der Waals surface area contributed by atoms with Crippen LogP contribution < -0.4 is 5.01 Å². The molecule has 0 fully saturated rings. The van der Waals surface area contributed by atoms with Gasteiger partial charge in [0.1, 0.15) is 0 Å². The zero-order chi connectivity index (χ0) is 19.7. The van der Waals surface area contributed by atoms with E-state index < -0.39 is 6.04 Å². The van der Waals surface area contributed by atoms with Crippen molar-refractivity contribution in [1.29, 1.82) is 0 Å². The number of rotatable bonds is 4. The van der Waals surface area contributed by atoms with E-state index in [-0.39, 0.29) is 5.91 Å². The fraction of sp³-hybridized carbons (Fsp3) is 0.150. The Hall–Kier alpha value is -2.71. The molecule has 1 amide bonds. The summed E-state index contributed by atoms with van der Waals surface area (Å²) in [7, 11) is 0. The number of hydrogen-bond acceptors (Lipinski definition) is 6. The van der Waals surface area contributed by atoms with Crippen LogP contribution in [-0.4, -0.2) is 22.6 Å². The Morgan fingerprint density at radius 3 is 2.68 bits per heavy atom. The molecule has 28 heavy (non-hydrogen) atoms. The largest absolute Gasteiger partial charge is 0.282 e. The SMILES string of the molecule is CC1=NN(c2nc(-c3ccc(Br)cc3)cs2)C(=O)[C@@H]1N=Nc1cccc(C)c1. The van der Waals surface area contributed by atoms with E-state index in [1.807, 2.05) is 60.8 Å². The van der Waals surface area contributed by atoms with E-state index in [1.165, 1.54) is 16.3 Å². The normalized spacial score (nSPS) is 16.8. The zero-order valence-corrected chi connectivity index (χ0v) is 17.6. The van der Waals surface area contributed by atoms with Gasteiger partial charge < -0.3 is 0 Å². The second-order valence-electron chi connectivity index (χ2n) is 6.37. The van der Waals surface area contributed by atoms with E-state index >= 15 is 0 Å². The van der Waals surface area contributed by atoms with Crippen LogP contribution in [0.2, 0.25) is 0 Å².